The van der Waals surface area contributed by atoms with Gasteiger partial charge in [0.05, 0.1) is 0 Å². The van der Waals surface area contributed by atoms with E-state index in [4.69, 9.17) is 10.5 Å². The number of rotatable bonds is 3. The molecule has 0 bridgehead atoms. The average molecular weight is 219 g/mol. The summed E-state index contributed by atoms with van der Waals surface area (Å²) >= 11 is 0. The summed E-state index contributed by atoms with van der Waals surface area (Å²) in [6, 6.07) is 0.871. The Labute approximate surface area is 85.8 Å². The zero-order chi connectivity index (χ0) is 11.6. The van der Waals surface area contributed by atoms with Crippen LogP contribution in [0.5, 0.6) is 5.75 Å². The van der Waals surface area contributed by atoms with Gasteiger partial charge in [0.2, 0.25) is 5.82 Å². The van der Waals surface area contributed by atoms with Crippen LogP contribution in [0.3, 0.4) is 0 Å². The minimum absolute atomic E-state index is 0.109. The molecular weight excluding hydrogens is 207 g/mol. The Morgan fingerprint density at radius 2 is 1.93 bits per heavy atom. The SMILES string of the molecule is CCC(N)Oc1c(F)cc(C)c(F)c1F. The highest BCUT2D eigenvalue weighted by atomic mass is 19.2. The maximum absolute atomic E-state index is 13.2. The first-order chi connectivity index (χ1) is 6.97. The third-order valence-corrected chi connectivity index (χ3v) is 1.97. The predicted molar refractivity (Wildman–Crippen MR) is 49.9 cm³/mol. The maximum Gasteiger partial charge on any atom is 0.204 e. The lowest BCUT2D eigenvalue weighted by Crippen LogP contribution is -2.27. The minimum Gasteiger partial charge on any atom is -0.469 e. The Kier molecular flexibility index (Phi) is 3.57. The van der Waals surface area contributed by atoms with Gasteiger partial charge in [0.1, 0.15) is 6.23 Å². The molecule has 0 radical (unpaired) electrons. The number of hydrogen-bond donors (Lipinski definition) is 1. The van der Waals surface area contributed by atoms with Crippen molar-refractivity contribution >= 4 is 0 Å². The van der Waals surface area contributed by atoms with E-state index >= 15 is 0 Å². The molecule has 0 saturated heterocycles. The summed E-state index contributed by atoms with van der Waals surface area (Å²) in [6.07, 6.45) is -0.481. The molecule has 0 aliphatic rings. The van der Waals surface area contributed by atoms with Crippen LogP contribution < -0.4 is 10.5 Å². The summed E-state index contributed by atoms with van der Waals surface area (Å²) in [5.41, 5.74) is 5.24. The van der Waals surface area contributed by atoms with Gasteiger partial charge in [-0.3, -0.25) is 5.73 Å². The molecule has 0 fully saturated rings. The molecule has 15 heavy (non-hydrogen) atoms. The van der Waals surface area contributed by atoms with Crippen molar-refractivity contribution in [3.8, 4) is 5.75 Å². The Balaban J connectivity index is 3.12. The zero-order valence-corrected chi connectivity index (χ0v) is 8.48. The summed E-state index contributed by atoms with van der Waals surface area (Å²) in [5.74, 6) is -4.16. The van der Waals surface area contributed by atoms with Crippen LogP contribution in [0.25, 0.3) is 0 Å². The van der Waals surface area contributed by atoms with Crippen LogP contribution in [0.2, 0.25) is 0 Å². The molecule has 2 N–H and O–H groups in total. The second kappa shape index (κ2) is 4.53. The summed E-state index contributed by atoms with van der Waals surface area (Å²) in [6.45, 7) is 2.95. The first kappa shape index (κ1) is 11.8. The average Bonchev–Trinajstić information content (AvgIpc) is 2.21. The largest absolute Gasteiger partial charge is 0.469 e. The minimum atomic E-state index is -1.34. The van der Waals surface area contributed by atoms with Crippen LogP contribution in [0, 0.1) is 24.4 Å². The monoisotopic (exact) mass is 219 g/mol. The first-order valence-electron chi connectivity index (χ1n) is 4.53. The molecular formula is C10H12F3NO. The summed E-state index contributed by atoms with van der Waals surface area (Å²) in [7, 11) is 0. The number of benzene rings is 1. The fraction of sp³-hybridized carbons (Fsp3) is 0.400. The number of halogens is 3. The molecule has 0 aromatic heterocycles. The smallest absolute Gasteiger partial charge is 0.204 e. The van der Waals surface area contributed by atoms with Crippen LogP contribution in [0.1, 0.15) is 18.9 Å². The van der Waals surface area contributed by atoms with Crippen molar-refractivity contribution in [1.29, 1.82) is 0 Å². The molecule has 0 saturated carbocycles. The topological polar surface area (TPSA) is 35.2 Å². The number of hydrogen-bond acceptors (Lipinski definition) is 2. The molecule has 2 nitrogen and oxygen atoms in total. The van der Waals surface area contributed by atoms with Gasteiger partial charge in [-0.25, -0.2) is 8.78 Å². The molecule has 84 valence electrons. The Hall–Kier alpha value is -1.23. The summed E-state index contributed by atoms with van der Waals surface area (Å²) < 4.78 is 44.2. The molecule has 1 aromatic carbocycles. The van der Waals surface area contributed by atoms with Crippen molar-refractivity contribution in [3.63, 3.8) is 0 Å². The van der Waals surface area contributed by atoms with Gasteiger partial charge in [-0.2, -0.15) is 4.39 Å². The van der Waals surface area contributed by atoms with E-state index in [1.165, 1.54) is 6.92 Å². The highest BCUT2D eigenvalue weighted by Crippen LogP contribution is 2.26. The molecule has 0 spiro atoms. The highest BCUT2D eigenvalue weighted by molar-refractivity contribution is 5.32. The normalized spacial score (nSPS) is 12.7. The first-order valence-corrected chi connectivity index (χ1v) is 4.53. The Bertz CT molecular complexity index is 368. The van der Waals surface area contributed by atoms with Crippen LogP contribution in [-0.2, 0) is 0 Å². The van der Waals surface area contributed by atoms with Gasteiger partial charge in [-0.1, -0.05) is 6.92 Å². The van der Waals surface area contributed by atoms with Gasteiger partial charge < -0.3 is 4.74 Å². The van der Waals surface area contributed by atoms with Crippen LogP contribution in [0.15, 0.2) is 6.07 Å². The third kappa shape index (κ3) is 2.41. The third-order valence-electron chi connectivity index (χ3n) is 1.97. The zero-order valence-electron chi connectivity index (χ0n) is 8.48. The van der Waals surface area contributed by atoms with Crippen molar-refractivity contribution in [2.45, 2.75) is 26.5 Å². The van der Waals surface area contributed by atoms with Crippen molar-refractivity contribution in [1.82, 2.24) is 0 Å². The van der Waals surface area contributed by atoms with Crippen LogP contribution in [0.4, 0.5) is 13.2 Å². The Morgan fingerprint density at radius 3 is 2.47 bits per heavy atom. The quantitative estimate of drug-likeness (QED) is 0.626. The number of nitrogens with two attached hydrogens (primary N) is 1. The van der Waals surface area contributed by atoms with E-state index in [1.54, 1.807) is 6.92 Å². The van der Waals surface area contributed by atoms with Gasteiger partial charge in [0.25, 0.3) is 0 Å². The molecule has 0 aliphatic heterocycles. The Morgan fingerprint density at radius 1 is 1.33 bits per heavy atom. The fourth-order valence-corrected chi connectivity index (χ4v) is 1.04. The van der Waals surface area contributed by atoms with Gasteiger partial charge in [-0.15, -0.1) is 0 Å². The lowest BCUT2D eigenvalue weighted by molar-refractivity contribution is 0.184. The lowest BCUT2D eigenvalue weighted by Gasteiger charge is -2.14. The maximum atomic E-state index is 13.2. The van der Waals surface area contributed by atoms with Crippen molar-refractivity contribution in [3.05, 3.63) is 29.1 Å². The van der Waals surface area contributed by atoms with Crippen LogP contribution >= 0.6 is 0 Å². The van der Waals surface area contributed by atoms with E-state index in [9.17, 15) is 13.2 Å². The van der Waals surface area contributed by atoms with Crippen LogP contribution in [-0.4, -0.2) is 6.23 Å². The van der Waals surface area contributed by atoms with E-state index in [2.05, 4.69) is 0 Å². The second-order valence-corrected chi connectivity index (χ2v) is 3.20. The van der Waals surface area contributed by atoms with Crippen molar-refractivity contribution in [2.75, 3.05) is 0 Å². The molecule has 5 heteroatoms. The predicted octanol–water partition coefficient (Wildman–Crippen LogP) is 2.49. The van der Waals surface area contributed by atoms with E-state index in [-0.39, 0.29) is 5.56 Å². The van der Waals surface area contributed by atoms with E-state index in [0.29, 0.717) is 6.42 Å². The molecule has 1 unspecified atom stereocenters. The van der Waals surface area contributed by atoms with E-state index in [0.717, 1.165) is 6.07 Å². The molecule has 0 amide bonds. The number of aryl methyl sites for hydroxylation is 1. The molecule has 1 atom stereocenters. The van der Waals surface area contributed by atoms with Crippen molar-refractivity contribution in [2.24, 2.45) is 5.73 Å². The van der Waals surface area contributed by atoms with Gasteiger partial charge in [0.15, 0.2) is 17.4 Å². The van der Waals surface area contributed by atoms with Gasteiger partial charge in [-0.05, 0) is 25.0 Å². The molecule has 0 aliphatic carbocycles. The fourth-order valence-electron chi connectivity index (χ4n) is 1.04. The highest BCUT2D eigenvalue weighted by Gasteiger charge is 2.19. The van der Waals surface area contributed by atoms with E-state index < -0.39 is 29.4 Å². The van der Waals surface area contributed by atoms with Gasteiger partial charge in [0, 0.05) is 0 Å². The lowest BCUT2D eigenvalue weighted by atomic mass is 10.2. The molecule has 1 aromatic rings. The van der Waals surface area contributed by atoms with Gasteiger partial charge >= 0.3 is 0 Å². The summed E-state index contributed by atoms with van der Waals surface area (Å²) in [5, 5.41) is 0. The molecule has 0 heterocycles. The molecule has 1 rings (SSSR count). The summed E-state index contributed by atoms with van der Waals surface area (Å²) in [4.78, 5) is 0. The number of ether oxygens (including phenoxy) is 1. The van der Waals surface area contributed by atoms with Crippen molar-refractivity contribution < 1.29 is 17.9 Å². The second-order valence-electron chi connectivity index (χ2n) is 3.20. The standard InChI is InChI=1S/C10H12F3NO/c1-3-7(14)15-10-6(11)4-5(2)8(12)9(10)13/h4,7H,3,14H2,1-2H3. The van der Waals surface area contributed by atoms with E-state index in [1.807, 2.05) is 0 Å².